The molecule has 1 aromatic heterocycles. The molecule has 0 unspecified atom stereocenters. The van der Waals surface area contributed by atoms with Crippen LogP contribution in [-0.4, -0.2) is 24.2 Å². The van der Waals surface area contributed by atoms with Gasteiger partial charge in [-0.3, -0.25) is 4.79 Å². The quantitative estimate of drug-likeness (QED) is 0.862. The molecule has 0 atom stereocenters. The number of carbonyl (C=O) groups is 1. The highest BCUT2D eigenvalue weighted by Gasteiger charge is 2.30. The Morgan fingerprint density at radius 1 is 1.29 bits per heavy atom. The van der Waals surface area contributed by atoms with Crippen LogP contribution in [0.3, 0.4) is 0 Å². The first-order valence-electron chi connectivity index (χ1n) is 6.73. The SMILES string of the molecule is CC(C)(C(=O)Nc1ccc(OCCO)cc1)c1cccs1. The van der Waals surface area contributed by atoms with Crippen LogP contribution in [0.15, 0.2) is 41.8 Å². The molecule has 1 aromatic carbocycles. The van der Waals surface area contributed by atoms with Crippen LogP contribution in [0.2, 0.25) is 0 Å². The molecule has 2 aromatic rings. The van der Waals surface area contributed by atoms with Crippen LogP contribution in [0, 0.1) is 0 Å². The normalized spacial score (nSPS) is 11.2. The number of carbonyl (C=O) groups excluding carboxylic acids is 1. The molecular formula is C16H19NO3S. The Balaban J connectivity index is 2.02. The van der Waals surface area contributed by atoms with E-state index in [1.54, 1.807) is 35.6 Å². The number of amides is 1. The van der Waals surface area contributed by atoms with Crippen LogP contribution >= 0.6 is 11.3 Å². The molecule has 0 aliphatic carbocycles. The summed E-state index contributed by atoms with van der Waals surface area (Å²) in [5.74, 6) is 0.619. The third kappa shape index (κ3) is 3.83. The number of rotatable bonds is 6. The summed E-state index contributed by atoms with van der Waals surface area (Å²) in [5.41, 5.74) is 0.154. The molecule has 0 aliphatic heterocycles. The molecule has 2 rings (SSSR count). The smallest absolute Gasteiger partial charge is 0.235 e. The van der Waals surface area contributed by atoms with Gasteiger partial charge in [-0.25, -0.2) is 0 Å². The topological polar surface area (TPSA) is 58.6 Å². The number of aliphatic hydroxyl groups is 1. The molecule has 1 heterocycles. The number of thiophene rings is 1. The van der Waals surface area contributed by atoms with Crippen LogP contribution < -0.4 is 10.1 Å². The lowest BCUT2D eigenvalue weighted by atomic mass is 9.90. The number of hydrogen-bond acceptors (Lipinski definition) is 4. The van der Waals surface area contributed by atoms with Crippen molar-refractivity contribution in [2.24, 2.45) is 0 Å². The zero-order chi connectivity index (χ0) is 15.3. The summed E-state index contributed by atoms with van der Waals surface area (Å²) in [6.07, 6.45) is 0. The minimum Gasteiger partial charge on any atom is -0.491 e. The van der Waals surface area contributed by atoms with Gasteiger partial charge in [-0.1, -0.05) is 6.07 Å². The monoisotopic (exact) mass is 305 g/mol. The number of benzene rings is 1. The van der Waals surface area contributed by atoms with Crippen molar-refractivity contribution in [2.45, 2.75) is 19.3 Å². The Kier molecular flexibility index (Phi) is 4.98. The van der Waals surface area contributed by atoms with E-state index in [4.69, 9.17) is 9.84 Å². The molecule has 0 aliphatic rings. The van der Waals surface area contributed by atoms with Gasteiger partial charge in [0.15, 0.2) is 0 Å². The van der Waals surface area contributed by atoms with Gasteiger partial charge >= 0.3 is 0 Å². The number of aliphatic hydroxyl groups excluding tert-OH is 1. The van der Waals surface area contributed by atoms with E-state index in [0.29, 0.717) is 5.75 Å². The Bertz CT molecular complexity index is 576. The number of nitrogens with one attached hydrogen (secondary N) is 1. The molecule has 112 valence electrons. The predicted octanol–water partition coefficient (Wildman–Crippen LogP) is 3.04. The molecule has 5 heteroatoms. The first-order valence-corrected chi connectivity index (χ1v) is 7.61. The highest BCUT2D eigenvalue weighted by molar-refractivity contribution is 7.10. The molecule has 0 fully saturated rings. The summed E-state index contributed by atoms with van der Waals surface area (Å²) in [6, 6.07) is 11.0. The largest absolute Gasteiger partial charge is 0.491 e. The Morgan fingerprint density at radius 2 is 2.00 bits per heavy atom. The Labute approximate surface area is 128 Å². The van der Waals surface area contributed by atoms with E-state index < -0.39 is 5.41 Å². The van der Waals surface area contributed by atoms with E-state index in [9.17, 15) is 4.79 Å². The van der Waals surface area contributed by atoms with E-state index in [1.807, 2.05) is 31.4 Å². The van der Waals surface area contributed by atoms with Crippen molar-refractivity contribution in [3.63, 3.8) is 0 Å². The van der Waals surface area contributed by atoms with E-state index in [2.05, 4.69) is 5.32 Å². The van der Waals surface area contributed by atoms with Crippen molar-refractivity contribution in [3.8, 4) is 5.75 Å². The van der Waals surface area contributed by atoms with Gasteiger partial charge in [-0.15, -0.1) is 11.3 Å². The molecule has 2 N–H and O–H groups in total. The van der Waals surface area contributed by atoms with Gasteiger partial charge in [0.1, 0.15) is 12.4 Å². The van der Waals surface area contributed by atoms with Crippen LogP contribution in [0.1, 0.15) is 18.7 Å². The van der Waals surface area contributed by atoms with Gasteiger partial charge in [0, 0.05) is 10.6 Å². The fourth-order valence-electron chi connectivity index (χ4n) is 1.83. The maximum Gasteiger partial charge on any atom is 0.235 e. The van der Waals surface area contributed by atoms with Gasteiger partial charge in [0.2, 0.25) is 5.91 Å². The minimum atomic E-state index is -0.569. The van der Waals surface area contributed by atoms with Crippen molar-refractivity contribution >= 4 is 22.9 Å². The molecule has 1 amide bonds. The highest BCUT2D eigenvalue weighted by atomic mass is 32.1. The summed E-state index contributed by atoms with van der Waals surface area (Å²) in [4.78, 5) is 13.5. The first-order chi connectivity index (χ1) is 10.0. The van der Waals surface area contributed by atoms with Crippen molar-refractivity contribution in [3.05, 3.63) is 46.7 Å². The Morgan fingerprint density at radius 3 is 2.57 bits per heavy atom. The highest BCUT2D eigenvalue weighted by Crippen LogP contribution is 2.29. The van der Waals surface area contributed by atoms with Crippen molar-refractivity contribution in [1.82, 2.24) is 0 Å². The maximum absolute atomic E-state index is 12.4. The molecule has 21 heavy (non-hydrogen) atoms. The average molecular weight is 305 g/mol. The summed E-state index contributed by atoms with van der Waals surface area (Å²) in [6.45, 7) is 4.06. The van der Waals surface area contributed by atoms with Crippen LogP contribution in [0.4, 0.5) is 5.69 Å². The second kappa shape index (κ2) is 6.74. The lowest BCUT2D eigenvalue weighted by Gasteiger charge is -2.22. The van der Waals surface area contributed by atoms with Crippen LogP contribution in [-0.2, 0) is 10.2 Å². The van der Waals surface area contributed by atoms with E-state index in [0.717, 1.165) is 10.6 Å². The van der Waals surface area contributed by atoms with E-state index in [1.165, 1.54) is 0 Å². The second-order valence-corrected chi connectivity index (χ2v) is 6.10. The van der Waals surface area contributed by atoms with E-state index in [-0.39, 0.29) is 19.1 Å². The summed E-state index contributed by atoms with van der Waals surface area (Å²) < 4.78 is 5.28. The Hall–Kier alpha value is -1.85. The number of anilines is 1. The minimum absolute atomic E-state index is 0.0203. The lowest BCUT2D eigenvalue weighted by molar-refractivity contribution is -0.120. The van der Waals surface area contributed by atoms with Gasteiger partial charge in [0.05, 0.1) is 12.0 Å². The number of ether oxygens (including phenoxy) is 1. The molecule has 0 bridgehead atoms. The zero-order valence-corrected chi connectivity index (χ0v) is 12.9. The lowest BCUT2D eigenvalue weighted by Crippen LogP contribution is -2.33. The summed E-state index contributed by atoms with van der Waals surface area (Å²) in [7, 11) is 0. The third-order valence-electron chi connectivity index (χ3n) is 3.18. The zero-order valence-electron chi connectivity index (χ0n) is 12.1. The molecule has 0 saturated carbocycles. The third-order valence-corrected chi connectivity index (χ3v) is 4.37. The van der Waals surface area contributed by atoms with Crippen molar-refractivity contribution in [1.29, 1.82) is 0 Å². The molecular weight excluding hydrogens is 286 g/mol. The molecule has 4 nitrogen and oxygen atoms in total. The fourth-order valence-corrected chi connectivity index (χ4v) is 2.68. The predicted molar refractivity (Wildman–Crippen MR) is 85.0 cm³/mol. The molecule has 0 spiro atoms. The van der Waals surface area contributed by atoms with Gasteiger partial charge in [-0.05, 0) is 49.6 Å². The summed E-state index contributed by atoms with van der Waals surface area (Å²) >= 11 is 1.58. The van der Waals surface area contributed by atoms with Gasteiger partial charge < -0.3 is 15.2 Å². The molecule has 0 saturated heterocycles. The second-order valence-electron chi connectivity index (χ2n) is 5.15. The van der Waals surface area contributed by atoms with Gasteiger partial charge in [-0.2, -0.15) is 0 Å². The van der Waals surface area contributed by atoms with E-state index >= 15 is 0 Å². The van der Waals surface area contributed by atoms with Crippen molar-refractivity contribution in [2.75, 3.05) is 18.5 Å². The average Bonchev–Trinajstić information content (AvgIpc) is 3.01. The van der Waals surface area contributed by atoms with Crippen LogP contribution in [0.5, 0.6) is 5.75 Å². The molecule has 0 radical (unpaired) electrons. The first kappa shape index (κ1) is 15.5. The van der Waals surface area contributed by atoms with Gasteiger partial charge in [0.25, 0.3) is 0 Å². The standard InChI is InChI=1S/C16H19NO3S/c1-16(2,14-4-3-11-21-14)15(19)17-12-5-7-13(8-6-12)20-10-9-18/h3-8,11,18H,9-10H2,1-2H3,(H,17,19). The summed E-state index contributed by atoms with van der Waals surface area (Å²) in [5, 5.41) is 13.6. The number of hydrogen-bond donors (Lipinski definition) is 2. The fraction of sp³-hybridized carbons (Fsp3) is 0.312. The maximum atomic E-state index is 12.4. The van der Waals surface area contributed by atoms with Crippen LogP contribution in [0.25, 0.3) is 0 Å². The van der Waals surface area contributed by atoms with Crippen molar-refractivity contribution < 1.29 is 14.6 Å².